The highest BCUT2D eigenvalue weighted by Crippen LogP contribution is 2.38. The van der Waals surface area contributed by atoms with Gasteiger partial charge in [-0.3, -0.25) is 10.1 Å². The van der Waals surface area contributed by atoms with E-state index in [1.54, 1.807) is 6.92 Å². The van der Waals surface area contributed by atoms with Crippen LogP contribution in [0.5, 0.6) is 0 Å². The molecule has 2 aliphatic rings. The zero-order valence-electron chi connectivity index (χ0n) is 13.1. The van der Waals surface area contributed by atoms with E-state index in [-0.39, 0.29) is 34.6 Å². The first kappa shape index (κ1) is 17.3. The number of hydrogen-bond donors (Lipinski definition) is 0. The van der Waals surface area contributed by atoms with Gasteiger partial charge in [0, 0.05) is 24.2 Å². The van der Waals surface area contributed by atoms with Crippen LogP contribution >= 0.6 is 0 Å². The third kappa shape index (κ3) is 3.17. The van der Waals surface area contributed by atoms with Crippen LogP contribution < -0.4 is 0 Å². The van der Waals surface area contributed by atoms with Crippen molar-refractivity contribution in [3.63, 3.8) is 0 Å². The lowest BCUT2D eigenvalue weighted by molar-refractivity contribution is -0.385. The van der Waals surface area contributed by atoms with Gasteiger partial charge >= 0.3 is 0 Å². The van der Waals surface area contributed by atoms with E-state index < -0.39 is 30.8 Å². The van der Waals surface area contributed by atoms with Crippen LogP contribution in [0, 0.1) is 17.0 Å². The molecule has 1 saturated carbocycles. The van der Waals surface area contributed by atoms with Crippen LogP contribution in [0.2, 0.25) is 0 Å². The first-order chi connectivity index (χ1) is 11.1. The molecule has 1 atom stereocenters. The lowest BCUT2D eigenvalue weighted by atomic mass is 10.2. The minimum atomic E-state index is -3.99. The zero-order chi connectivity index (χ0) is 17.7. The van der Waals surface area contributed by atoms with Crippen molar-refractivity contribution in [2.45, 2.75) is 43.2 Å². The number of non-ortho nitro benzene ring substituents is 1. The Morgan fingerprint density at radius 1 is 1.21 bits per heavy atom. The highest BCUT2D eigenvalue weighted by Gasteiger charge is 2.46. The van der Waals surface area contributed by atoms with E-state index in [9.17, 15) is 26.9 Å². The van der Waals surface area contributed by atoms with Gasteiger partial charge in [0.15, 0.2) is 9.84 Å². The van der Waals surface area contributed by atoms with Crippen molar-refractivity contribution in [3.8, 4) is 0 Å². The molecule has 0 spiro atoms. The maximum absolute atomic E-state index is 13.1. The smallest absolute Gasteiger partial charge is 0.258 e. The van der Waals surface area contributed by atoms with Gasteiger partial charge in [0.05, 0.1) is 21.3 Å². The van der Waals surface area contributed by atoms with Gasteiger partial charge in [-0.1, -0.05) is 6.07 Å². The van der Waals surface area contributed by atoms with Crippen molar-refractivity contribution < 1.29 is 21.8 Å². The van der Waals surface area contributed by atoms with Gasteiger partial charge in [0.1, 0.15) is 0 Å². The molecule has 0 bridgehead atoms. The first-order valence-corrected chi connectivity index (χ1v) is 10.9. The Morgan fingerprint density at radius 3 is 2.38 bits per heavy atom. The van der Waals surface area contributed by atoms with E-state index >= 15 is 0 Å². The second-order valence-corrected chi connectivity index (χ2v) is 10.4. The summed E-state index contributed by atoms with van der Waals surface area (Å²) < 4.78 is 51.0. The van der Waals surface area contributed by atoms with E-state index in [4.69, 9.17) is 0 Å². The molecule has 1 saturated heterocycles. The second-order valence-electron chi connectivity index (χ2n) is 6.33. The highest BCUT2D eigenvalue weighted by atomic mass is 32.2. The molecule has 0 N–H and O–H groups in total. The van der Waals surface area contributed by atoms with Crippen LogP contribution in [-0.4, -0.2) is 49.7 Å². The molecule has 2 fully saturated rings. The Bertz CT molecular complexity index is 890. The molecule has 132 valence electrons. The Labute approximate surface area is 140 Å². The Hall–Kier alpha value is -1.52. The van der Waals surface area contributed by atoms with Gasteiger partial charge in [0.2, 0.25) is 10.0 Å². The Balaban J connectivity index is 2.05. The monoisotopic (exact) mass is 374 g/mol. The van der Waals surface area contributed by atoms with E-state index in [0.29, 0.717) is 18.4 Å². The van der Waals surface area contributed by atoms with E-state index in [1.807, 2.05) is 0 Å². The summed E-state index contributed by atoms with van der Waals surface area (Å²) in [4.78, 5) is 10.2. The second kappa shape index (κ2) is 5.78. The predicted octanol–water partition coefficient (Wildman–Crippen LogP) is 1.24. The van der Waals surface area contributed by atoms with Gasteiger partial charge in [0.25, 0.3) is 5.69 Å². The van der Waals surface area contributed by atoms with Gasteiger partial charge in [-0.25, -0.2) is 16.8 Å². The summed E-state index contributed by atoms with van der Waals surface area (Å²) in [6.45, 7) is 1.58. The molecule has 24 heavy (non-hydrogen) atoms. The number of aryl methyl sites for hydroxylation is 1. The molecule has 0 radical (unpaired) electrons. The topological polar surface area (TPSA) is 115 Å². The standard InChI is InChI=1S/C14H18N2O6S2/c1-10-2-3-12(16(17)18)8-14(10)24(21,22)15(11-4-5-11)13-6-7-23(19,20)9-13/h2-3,8,11,13H,4-7,9H2,1H3/t13-/m0/s1. The number of nitrogens with zero attached hydrogens (tertiary/aromatic N) is 2. The quantitative estimate of drug-likeness (QED) is 0.566. The fraction of sp³-hybridized carbons (Fsp3) is 0.571. The number of hydrogen-bond acceptors (Lipinski definition) is 6. The van der Waals surface area contributed by atoms with Gasteiger partial charge in [-0.15, -0.1) is 0 Å². The van der Waals surface area contributed by atoms with Crippen molar-refractivity contribution in [1.82, 2.24) is 4.31 Å². The van der Waals surface area contributed by atoms with Gasteiger partial charge in [-0.2, -0.15) is 4.31 Å². The van der Waals surface area contributed by atoms with Gasteiger partial charge < -0.3 is 0 Å². The van der Waals surface area contributed by atoms with Crippen LogP contribution in [0.4, 0.5) is 5.69 Å². The average Bonchev–Trinajstić information content (AvgIpc) is 3.22. The number of nitro groups is 1. The number of benzene rings is 1. The molecule has 0 unspecified atom stereocenters. The van der Waals surface area contributed by atoms with E-state index in [2.05, 4.69) is 0 Å². The van der Waals surface area contributed by atoms with Crippen molar-refractivity contribution in [2.75, 3.05) is 11.5 Å². The summed E-state index contributed by atoms with van der Waals surface area (Å²) in [5.41, 5.74) is 0.112. The average molecular weight is 374 g/mol. The first-order valence-electron chi connectivity index (χ1n) is 7.61. The highest BCUT2D eigenvalue weighted by molar-refractivity contribution is 7.92. The maximum atomic E-state index is 13.1. The van der Waals surface area contributed by atoms with Crippen molar-refractivity contribution >= 4 is 25.5 Å². The SMILES string of the molecule is Cc1ccc([N+](=O)[O-])cc1S(=O)(=O)N(C1CC1)[C@H]1CCS(=O)(=O)C1. The maximum Gasteiger partial charge on any atom is 0.270 e. The molecule has 1 heterocycles. The minimum Gasteiger partial charge on any atom is -0.258 e. The molecule has 0 amide bonds. The van der Waals surface area contributed by atoms with Crippen LogP contribution in [-0.2, 0) is 19.9 Å². The van der Waals surface area contributed by atoms with E-state index in [0.717, 1.165) is 6.07 Å². The molecule has 1 aliphatic carbocycles. The minimum absolute atomic E-state index is 0.0235. The molecule has 3 rings (SSSR count). The molecular formula is C14H18N2O6S2. The molecule has 1 aromatic rings. The van der Waals surface area contributed by atoms with Crippen LogP contribution in [0.3, 0.4) is 0 Å². The third-order valence-corrected chi connectivity index (χ3v) is 8.31. The fourth-order valence-electron chi connectivity index (χ4n) is 3.09. The molecule has 8 nitrogen and oxygen atoms in total. The summed E-state index contributed by atoms with van der Waals surface area (Å²) in [5, 5.41) is 11.0. The summed E-state index contributed by atoms with van der Waals surface area (Å²) in [5.74, 6) is -0.207. The number of nitro benzene ring substituents is 1. The summed E-state index contributed by atoms with van der Waals surface area (Å²) >= 11 is 0. The third-order valence-electron chi connectivity index (χ3n) is 4.41. The molecule has 10 heteroatoms. The number of rotatable bonds is 5. The van der Waals surface area contributed by atoms with Crippen molar-refractivity contribution in [2.24, 2.45) is 0 Å². The largest absolute Gasteiger partial charge is 0.270 e. The van der Waals surface area contributed by atoms with Crippen molar-refractivity contribution in [3.05, 3.63) is 33.9 Å². The lowest BCUT2D eigenvalue weighted by Gasteiger charge is -2.27. The number of sulfone groups is 1. The summed E-state index contributed by atoms with van der Waals surface area (Å²) in [7, 11) is -7.23. The normalized spacial score (nSPS) is 23.5. The summed E-state index contributed by atoms with van der Waals surface area (Å²) in [6, 6.07) is 2.92. The van der Waals surface area contributed by atoms with E-state index in [1.165, 1.54) is 16.4 Å². The Kier molecular flexibility index (Phi) is 4.17. The van der Waals surface area contributed by atoms with Crippen LogP contribution in [0.1, 0.15) is 24.8 Å². The van der Waals surface area contributed by atoms with Crippen molar-refractivity contribution in [1.29, 1.82) is 0 Å². The lowest BCUT2D eigenvalue weighted by Crippen LogP contribution is -2.42. The molecule has 1 aromatic carbocycles. The summed E-state index contributed by atoms with van der Waals surface area (Å²) in [6.07, 6.45) is 1.64. The van der Waals surface area contributed by atoms with Crippen LogP contribution in [0.15, 0.2) is 23.1 Å². The fourth-order valence-corrected chi connectivity index (χ4v) is 7.04. The number of sulfonamides is 1. The molecule has 0 aromatic heterocycles. The zero-order valence-corrected chi connectivity index (χ0v) is 14.7. The van der Waals surface area contributed by atoms with Gasteiger partial charge in [-0.05, 0) is 31.7 Å². The molecular weight excluding hydrogens is 356 g/mol. The van der Waals surface area contributed by atoms with Crippen LogP contribution in [0.25, 0.3) is 0 Å². The predicted molar refractivity (Wildman–Crippen MR) is 86.9 cm³/mol. The Morgan fingerprint density at radius 2 is 1.88 bits per heavy atom. The molecule has 1 aliphatic heterocycles.